The Bertz CT molecular complexity index is 491. The smallest absolute Gasteiger partial charge is 0.224 e. The highest BCUT2D eigenvalue weighted by Gasteiger charge is 2.03. The predicted molar refractivity (Wildman–Crippen MR) is 72.9 cm³/mol. The highest BCUT2D eigenvalue weighted by Crippen LogP contribution is 2.11. The second-order valence-corrected chi connectivity index (χ2v) is 4.71. The van der Waals surface area contributed by atoms with E-state index in [1.54, 1.807) is 18.4 Å². The van der Waals surface area contributed by atoms with Gasteiger partial charge in [0.05, 0.1) is 13.5 Å². The van der Waals surface area contributed by atoms with Crippen molar-refractivity contribution in [3.63, 3.8) is 0 Å². The number of hydrogen-bond donors (Lipinski definition) is 1. The molecule has 0 aliphatic heterocycles. The van der Waals surface area contributed by atoms with Crippen molar-refractivity contribution in [2.45, 2.75) is 13.0 Å². The van der Waals surface area contributed by atoms with Crippen LogP contribution < -0.4 is 10.1 Å². The molecule has 1 N–H and O–H groups in total. The van der Waals surface area contributed by atoms with Crippen molar-refractivity contribution in [2.24, 2.45) is 0 Å². The van der Waals surface area contributed by atoms with Gasteiger partial charge >= 0.3 is 0 Å². The number of amides is 1. The Balaban J connectivity index is 1.81. The van der Waals surface area contributed by atoms with Crippen molar-refractivity contribution in [3.8, 4) is 5.75 Å². The van der Waals surface area contributed by atoms with E-state index < -0.39 is 0 Å². The molecular formula is C14H15NO2S. The summed E-state index contributed by atoms with van der Waals surface area (Å²) in [6, 6.07) is 9.64. The average Bonchev–Trinajstić information content (AvgIpc) is 2.90. The quantitative estimate of drug-likeness (QED) is 0.898. The fraction of sp³-hybridized carbons (Fsp3) is 0.214. The third-order valence-electron chi connectivity index (χ3n) is 2.59. The maximum Gasteiger partial charge on any atom is 0.224 e. The normalized spacial score (nSPS) is 10.1. The zero-order valence-corrected chi connectivity index (χ0v) is 11.0. The molecule has 0 spiro atoms. The molecule has 0 saturated carbocycles. The number of carbonyl (C=O) groups excluding carboxylic acids is 1. The minimum absolute atomic E-state index is 0.0456. The molecule has 0 aliphatic carbocycles. The Morgan fingerprint density at radius 2 is 2.00 bits per heavy atom. The lowest BCUT2D eigenvalue weighted by molar-refractivity contribution is -0.120. The molecule has 4 heteroatoms. The highest BCUT2D eigenvalue weighted by atomic mass is 32.1. The summed E-state index contributed by atoms with van der Waals surface area (Å²) in [6.07, 6.45) is 0.444. The van der Waals surface area contributed by atoms with Gasteiger partial charge in [-0.25, -0.2) is 0 Å². The van der Waals surface area contributed by atoms with Crippen LogP contribution in [0.5, 0.6) is 5.75 Å². The van der Waals surface area contributed by atoms with E-state index in [0.29, 0.717) is 13.0 Å². The average molecular weight is 261 g/mol. The molecule has 2 aromatic rings. The molecule has 0 atom stereocenters. The maximum absolute atomic E-state index is 11.7. The Kier molecular flexibility index (Phi) is 4.36. The third kappa shape index (κ3) is 3.60. The molecule has 2 rings (SSSR count). The van der Waals surface area contributed by atoms with Gasteiger partial charge in [0, 0.05) is 6.54 Å². The molecule has 94 valence electrons. The second kappa shape index (κ2) is 6.21. The summed E-state index contributed by atoms with van der Waals surface area (Å²) in [5, 5.41) is 6.87. The van der Waals surface area contributed by atoms with E-state index in [9.17, 15) is 4.79 Å². The van der Waals surface area contributed by atoms with E-state index in [2.05, 4.69) is 5.32 Å². The minimum atomic E-state index is 0.0456. The van der Waals surface area contributed by atoms with Crippen LogP contribution in [0.25, 0.3) is 0 Å². The van der Waals surface area contributed by atoms with Gasteiger partial charge < -0.3 is 10.1 Å². The molecular weight excluding hydrogens is 246 g/mol. The van der Waals surface area contributed by atoms with E-state index >= 15 is 0 Å². The van der Waals surface area contributed by atoms with Crippen LogP contribution in [0.2, 0.25) is 0 Å². The number of nitrogens with one attached hydrogen (secondary N) is 1. The van der Waals surface area contributed by atoms with Crippen LogP contribution in [-0.2, 0) is 17.8 Å². The van der Waals surface area contributed by atoms with Gasteiger partial charge in [-0.2, -0.15) is 11.3 Å². The molecule has 3 nitrogen and oxygen atoms in total. The first-order valence-corrected chi connectivity index (χ1v) is 6.63. The van der Waals surface area contributed by atoms with E-state index in [4.69, 9.17) is 4.74 Å². The van der Waals surface area contributed by atoms with Gasteiger partial charge in [-0.3, -0.25) is 4.79 Å². The molecule has 0 aliphatic rings. The summed E-state index contributed by atoms with van der Waals surface area (Å²) in [6.45, 7) is 0.549. The second-order valence-electron chi connectivity index (χ2n) is 3.93. The monoisotopic (exact) mass is 261 g/mol. The van der Waals surface area contributed by atoms with Crippen molar-refractivity contribution in [2.75, 3.05) is 7.11 Å². The van der Waals surface area contributed by atoms with Crippen molar-refractivity contribution in [1.29, 1.82) is 0 Å². The molecule has 0 fully saturated rings. The molecule has 0 saturated heterocycles. The Labute approximate surface area is 110 Å². The zero-order valence-electron chi connectivity index (χ0n) is 10.2. The molecule has 1 amide bonds. The van der Waals surface area contributed by atoms with Crippen LogP contribution >= 0.6 is 11.3 Å². The fourth-order valence-corrected chi connectivity index (χ4v) is 2.25. The van der Waals surface area contributed by atoms with Gasteiger partial charge in [-0.1, -0.05) is 12.1 Å². The number of methoxy groups -OCH3 is 1. The van der Waals surface area contributed by atoms with Crippen LogP contribution in [0.15, 0.2) is 41.1 Å². The summed E-state index contributed by atoms with van der Waals surface area (Å²) >= 11 is 1.61. The lowest BCUT2D eigenvalue weighted by Crippen LogP contribution is -2.24. The summed E-state index contributed by atoms with van der Waals surface area (Å²) in [5.74, 6) is 0.868. The van der Waals surface area contributed by atoms with E-state index in [-0.39, 0.29) is 5.91 Å². The zero-order chi connectivity index (χ0) is 12.8. The van der Waals surface area contributed by atoms with Crippen LogP contribution in [0, 0.1) is 0 Å². The topological polar surface area (TPSA) is 38.3 Å². The Morgan fingerprint density at radius 1 is 1.22 bits per heavy atom. The third-order valence-corrected chi connectivity index (χ3v) is 3.33. The SMILES string of the molecule is COc1ccc(CNC(=O)Cc2ccsc2)cc1. The number of carbonyl (C=O) groups is 1. The number of benzene rings is 1. The summed E-state index contributed by atoms with van der Waals surface area (Å²) in [5.41, 5.74) is 2.13. The number of rotatable bonds is 5. The lowest BCUT2D eigenvalue weighted by atomic mass is 10.2. The highest BCUT2D eigenvalue weighted by molar-refractivity contribution is 7.07. The first kappa shape index (κ1) is 12.6. The molecule has 1 aromatic heterocycles. The van der Waals surface area contributed by atoms with Crippen molar-refractivity contribution in [1.82, 2.24) is 5.32 Å². The molecule has 0 radical (unpaired) electrons. The van der Waals surface area contributed by atoms with Crippen molar-refractivity contribution in [3.05, 3.63) is 52.2 Å². The van der Waals surface area contributed by atoms with Crippen LogP contribution in [0.3, 0.4) is 0 Å². The molecule has 1 aromatic carbocycles. The predicted octanol–water partition coefficient (Wildman–Crippen LogP) is 2.62. The van der Waals surface area contributed by atoms with Gasteiger partial charge in [0.15, 0.2) is 0 Å². The van der Waals surface area contributed by atoms with E-state index in [0.717, 1.165) is 16.9 Å². The lowest BCUT2D eigenvalue weighted by Gasteiger charge is -2.05. The van der Waals surface area contributed by atoms with Gasteiger partial charge in [0.2, 0.25) is 5.91 Å². The number of thiophene rings is 1. The van der Waals surface area contributed by atoms with Crippen molar-refractivity contribution >= 4 is 17.2 Å². The molecule has 0 unspecified atom stereocenters. The largest absolute Gasteiger partial charge is 0.497 e. The van der Waals surface area contributed by atoms with Crippen molar-refractivity contribution < 1.29 is 9.53 Å². The van der Waals surface area contributed by atoms with Gasteiger partial charge in [0.25, 0.3) is 0 Å². The van der Waals surface area contributed by atoms with E-state index in [1.807, 2.05) is 41.1 Å². The first-order valence-electron chi connectivity index (χ1n) is 5.68. The Morgan fingerprint density at radius 3 is 2.61 bits per heavy atom. The van der Waals surface area contributed by atoms with Gasteiger partial charge in [0.1, 0.15) is 5.75 Å². The van der Waals surface area contributed by atoms with Crippen LogP contribution in [0.4, 0.5) is 0 Å². The molecule has 1 heterocycles. The molecule has 0 bridgehead atoms. The maximum atomic E-state index is 11.7. The van der Waals surface area contributed by atoms with Gasteiger partial charge in [-0.15, -0.1) is 0 Å². The van der Waals surface area contributed by atoms with E-state index in [1.165, 1.54) is 0 Å². The van der Waals surface area contributed by atoms with Gasteiger partial charge in [-0.05, 0) is 40.1 Å². The fourth-order valence-electron chi connectivity index (χ4n) is 1.59. The number of ether oxygens (including phenoxy) is 1. The van der Waals surface area contributed by atoms with Crippen LogP contribution in [-0.4, -0.2) is 13.0 Å². The minimum Gasteiger partial charge on any atom is -0.497 e. The Hall–Kier alpha value is -1.81. The number of hydrogen-bond acceptors (Lipinski definition) is 3. The summed E-state index contributed by atoms with van der Waals surface area (Å²) in [4.78, 5) is 11.7. The summed E-state index contributed by atoms with van der Waals surface area (Å²) in [7, 11) is 1.64. The van der Waals surface area contributed by atoms with Crippen LogP contribution in [0.1, 0.15) is 11.1 Å². The first-order chi connectivity index (χ1) is 8.78. The summed E-state index contributed by atoms with van der Waals surface area (Å²) < 4.78 is 5.08. The standard InChI is InChI=1S/C14H15NO2S/c1-17-13-4-2-11(3-5-13)9-15-14(16)8-12-6-7-18-10-12/h2-7,10H,8-9H2,1H3,(H,15,16). The molecule has 18 heavy (non-hydrogen) atoms.